The number of carbonyl (C=O) groups is 1. The lowest BCUT2D eigenvalue weighted by Gasteiger charge is -2.27. The minimum absolute atomic E-state index is 0.175. The molecule has 1 aromatic rings. The molecule has 1 aromatic carbocycles. The molecule has 84 valence electrons. The van der Waals surface area contributed by atoms with Crippen LogP contribution in [0.1, 0.15) is 38.2 Å². The standard InChI is InChI=1S/C15H18O/c1-14-9-5-6-10-15(14,13(14)11-16)12-7-3-2-4-8-12/h2-4,7-8,11,13H,5-6,9-10H2,1H3/t13-,14+,15+/m0/s1. The Balaban J connectivity index is 2.07. The molecule has 1 nitrogen and oxygen atoms in total. The predicted molar refractivity (Wildman–Crippen MR) is 64.2 cm³/mol. The molecule has 0 amide bonds. The Morgan fingerprint density at radius 2 is 1.88 bits per heavy atom. The summed E-state index contributed by atoms with van der Waals surface area (Å²) >= 11 is 0. The molecule has 3 rings (SSSR count). The van der Waals surface area contributed by atoms with Gasteiger partial charge in [-0.2, -0.15) is 0 Å². The van der Waals surface area contributed by atoms with Gasteiger partial charge in [0.1, 0.15) is 6.29 Å². The SMILES string of the molecule is C[C@]12CCCC[C@@]1(c1ccccc1)[C@H]2C=O. The molecule has 3 atom stereocenters. The second-order valence-electron chi connectivity index (χ2n) is 5.58. The smallest absolute Gasteiger partial charge is 0.124 e. The van der Waals surface area contributed by atoms with Crippen LogP contribution in [0.5, 0.6) is 0 Å². The molecule has 2 fully saturated rings. The van der Waals surface area contributed by atoms with Gasteiger partial charge in [0.05, 0.1) is 0 Å². The van der Waals surface area contributed by atoms with Crippen molar-refractivity contribution in [3.63, 3.8) is 0 Å². The van der Waals surface area contributed by atoms with E-state index in [1.807, 2.05) is 0 Å². The van der Waals surface area contributed by atoms with Gasteiger partial charge in [0.15, 0.2) is 0 Å². The Morgan fingerprint density at radius 3 is 2.56 bits per heavy atom. The number of carbonyl (C=O) groups excluding carboxylic acids is 1. The third-order valence-corrected chi connectivity index (χ3v) is 5.10. The van der Waals surface area contributed by atoms with Gasteiger partial charge in [-0.3, -0.25) is 0 Å². The van der Waals surface area contributed by atoms with Crippen molar-refractivity contribution >= 4 is 6.29 Å². The van der Waals surface area contributed by atoms with Crippen LogP contribution in [0, 0.1) is 11.3 Å². The van der Waals surface area contributed by atoms with Crippen molar-refractivity contribution in [3.05, 3.63) is 35.9 Å². The third kappa shape index (κ3) is 0.991. The van der Waals surface area contributed by atoms with Gasteiger partial charge in [0, 0.05) is 11.3 Å². The first-order valence-electron chi connectivity index (χ1n) is 6.26. The largest absolute Gasteiger partial charge is 0.303 e. The molecular weight excluding hydrogens is 196 g/mol. The van der Waals surface area contributed by atoms with Crippen molar-refractivity contribution in [2.75, 3.05) is 0 Å². The highest BCUT2D eigenvalue weighted by Crippen LogP contribution is 2.75. The lowest BCUT2D eigenvalue weighted by Crippen LogP contribution is -2.20. The first-order chi connectivity index (χ1) is 7.75. The van der Waals surface area contributed by atoms with Crippen LogP contribution in [0.15, 0.2) is 30.3 Å². The van der Waals surface area contributed by atoms with Crippen LogP contribution >= 0.6 is 0 Å². The summed E-state index contributed by atoms with van der Waals surface area (Å²) in [6.45, 7) is 2.30. The molecule has 2 aliphatic rings. The van der Waals surface area contributed by atoms with Gasteiger partial charge in [0.2, 0.25) is 0 Å². The molecule has 0 saturated heterocycles. The molecule has 2 saturated carbocycles. The average molecular weight is 214 g/mol. The van der Waals surface area contributed by atoms with E-state index in [1.54, 1.807) is 0 Å². The first-order valence-corrected chi connectivity index (χ1v) is 6.26. The van der Waals surface area contributed by atoms with Crippen molar-refractivity contribution in [3.8, 4) is 0 Å². The van der Waals surface area contributed by atoms with Gasteiger partial charge < -0.3 is 4.79 Å². The maximum absolute atomic E-state index is 11.3. The second kappa shape index (κ2) is 3.19. The zero-order valence-electron chi connectivity index (χ0n) is 9.78. The van der Waals surface area contributed by atoms with Gasteiger partial charge >= 0.3 is 0 Å². The summed E-state index contributed by atoms with van der Waals surface area (Å²) in [5.41, 5.74) is 1.80. The number of hydrogen-bond donors (Lipinski definition) is 0. The van der Waals surface area contributed by atoms with E-state index in [2.05, 4.69) is 37.3 Å². The number of hydrogen-bond acceptors (Lipinski definition) is 1. The Hall–Kier alpha value is -1.11. The van der Waals surface area contributed by atoms with E-state index < -0.39 is 0 Å². The second-order valence-corrected chi connectivity index (χ2v) is 5.58. The molecule has 1 heteroatoms. The zero-order chi connectivity index (χ0) is 11.2. The summed E-state index contributed by atoms with van der Waals surface area (Å²) in [4.78, 5) is 11.3. The molecule has 16 heavy (non-hydrogen) atoms. The van der Waals surface area contributed by atoms with Crippen LogP contribution in [0.4, 0.5) is 0 Å². The van der Waals surface area contributed by atoms with E-state index in [4.69, 9.17) is 0 Å². The molecule has 0 aliphatic heterocycles. The van der Waals surface area contributed by atoms with E-state index in [0.717, 1.165) is 0 Å². The van der Waals surface area contributed by atoms with Crippen LogP contribution in [0.25, 0.3) is 0 Å². The topological polar surface area (TPSA) is 17.1 Å². The third-order valence-electron chi connectivity index (χ3n) is 5.10. The first kappa shape index (κ1) is 10.1. The van der Waals surface area contributed by atoms with Gasteiger partial charge in [-0.05, 0) is 23.8 Å². The summed E-state index contributed by atoms with van der Waals surface area (Å²) in [5.74, 6) is 0.255. The van der Waals surface area contributed by atoms with E-state index in [1.165, 1.54) is 37.5 Å². The van der Waals surface area contributed by atoms with Gasteiger partial charge in [-0.15, -0.1) is 0 Å². The Kier molecular flexibility index (Phi) is 2.01. The highest BCUT2D eigenvalue weighted by Gasteiger charge is 2.74. The van der Waals surface area contributed by atoms with Crippen molar-refractivity contribution in [2.24, 2.45) is 11.3 Å². The van der Waals surface area contributed by atoms with Crippen LogP contribution in [-0.4, -0.2) is 6.29 Å². The predicted octanol–water partition coefficient (Wildman–Crippen LogP) is 3.33. The Labute approximate surface area is 96.9 Å². The fourth-order valence-corrected chi connectivity index (χ4v) is 4.17. The molecule has 0 spiro atoms. The lowest BCUT2D eigenvalue weighted by atomic mass is 9.76. The van der Waals surface area contributed by atoms with E-state index >= 15 is 0 Å². The van der Waals surface area contributed by atoms with Crippen molar-refractivity contribution in [2.45, 2.75) is 38.0 Å². The van der Waals surface area contributed by atoms with Crippen LogP contribution in [-0.2, 0) is 10.2 Å². The lowest BCUT2D eigenvalue weighted by molar-refractivity contribution is -0.109. The monoisotopic (exact) mass is 214 g/mol. The van der Waals surface area contributed by atoms with Gasteiger partial charge in [0.25, 0.3) is 0 Å². The summed E-state index contributed by atoms with van der Waals surface area (Å²) < 4.78 is 0. The Bertz CT molecular complexity index is 411. The average Bonchev–Trinajstić information content (AvgIpc) is 2.90. The molecule has 0 aromatic heterocycles. The van der Waals surface area contributed by atoms with Gasteiger partial charge in [-0.1, -0.05) is 50.1 Å². The highest BCUT2D eigenvalue weighted by molar-refractivity contribution is 5.69. The molecule has 0 heterocycles. The minimum atomic E-state index is 0.175. The fraction of sp³-hybridized carbons (Fsp3) is 0.533. The highest BCUT2D eigenvalue weighted by atomic mass is 16.1. The minimum Gasteiger partial charge on any atom is -0.303 e. The van der Waals surface area contributed by atoms with Crippen LogP contribution in [0.3, 0.4) is 0 Å². The number of benzene rings is 1. The van der Waals surface area contributed by atoms with Crippen molar-refractivity contribution in [1.29, 1.82) is 0 Å². The van der Waals surface area contributed by atoms with Crippen LogP contribution < -0.4 is 0 Å². The number of aldehydes is 1. The maximum atomic E-state index is 11.3. The summed E-state index contributed by atoms with van der Waals surface area (Å²) in [6, 6.07) is 10.7. The van der Waals surface area contributed by atoms with E-state index in [9.17, 15) is 4.79 Å². The van der Waals surface area contributed by atoms with E-state index in [0.29, 0.717) is 0 Å². The summed E-state index contributed by atoms with van der Waals surface area (Å²) in [5, 5.41) is 0. The summed E-state index contributed by atoms with van der Waals surface area (Å²) in [6.07, 6.45) is 6.17. The molecule has 0 N–H and O–H groups in total. The number of fused-ring (bicyclic) bond motifs is 1. The molecule has 0 bridgehead atoms. The summed E-state index contributed by atoms with van der Waals surface area (Å²) in [7, 11) is 0. The van der Waals surface area contributed by atoms with E-state index in [-0.39, 0.29) is 16.7 Å². The molecule has 2 aliphatic carbocycles. The normalized spacial score (nSPS) is 41.2. The van der Waals surface area contributed by atoms with Crippen molar-refractivity contribution in [1.82, 2.24) is 0 Å². The molecule has 0 unspecified atom stereocenters. The number of rotatable bonds is 2. The molecule has 0 radical (unpaired) electrons. The quantitative estimate of drug-likeness (QED) is 0.690. The zero-order valence-corrected chi connectivity index (χ0v) is 9.78. The molecular formula is C15H18O. The van der Waals surface area contributed by atoms with Crippen LogP contribution in [0.2, 0.25) is 0 Å². The Morgan fingerprint density at radius 1 is 1.19 bits per heavy atom. The van der Waals surface area contributed by atoms with Gasteiger partial charge in [-0.25, -0.2) is 0 Å². The fourth-order valence-electron chi connectivity index (χ4n) is 4.17. The van der Waals surface area contributed by atoms with Crippen molar-refractivity contribution < 1.29 is 4.79 Å². The maximum Gasteiger partial charge on any atom is 0.124 e.